The van der Waals surface area contributed by atoms with Crippen molar-refractivity contribution in [2.24, 2.45) is 0 Å². The van der Waals surface area contributed by atoms with E-state index < -0.39 is 0 Å². The number of carbonyl (C=O) groups excluding carboxylic acids is 1. The predicted molar refractivity (Wildman–Crippen MR) is 57.7 cm³/mol. The van der Waals surface area contributed by atoms with Crippen molar-refractivity contribution in [3.05, 3.63) is 24.8 Å². The first-order chi connectivity index (χ1) is 6.31. The number of ketones is 1. The van der Waals surface area contributed by atoms with E-state index in [1.165, 1.54) is 6.42 Å². The third-order valence-electron chi connectivity index (χ3n) is 1.92. The maximum Gasteiger partial charge on any atom is 0.132 e. The Balaban J connectivity index is 0.000000226. The summed E-state index contributed by atoms with van der Waals surface area (Å²) in [5, 5.41) is 0. The first-order valence-electron chi connectivity index (χ1n) is 5.10. The van der Waals surface area contributed by atoms with Crippen LogP contribution in [0.15, 0.2) is 24.8 Å². The lowest BCUT2D eigenvalue weighted by Gasteiger charge is -2.05. The Morgan fingerprint density at radius 3 is 2.15 bits per heavy atom. The summed E-state index contributed by atoms with van der Waals surface area (Å²) in [7, 11) is 0. The second kappa shape index (κ2) is 9.24. The fourth-order valence-corrected chi connectivity index (χ4v) is 1.18. The molecule has 0 spiro atoms. The van der Waals surface area contributed by atoms with E-state index in [9.17, 15) is 4.79 Å². The van der Waals surface area contributed by atoms with Crippen molar-refractivity contribution < 1.29 is 4.79 Å². The summed E-state index contributed by atoms with van der Waals surface area (Å²) in [6, 6.07) is 0. The minimum atomic E-state index is 0.464. The lowest BCUT2D eigenvalue weighted by molar-refractivity contribution is -0.120. The third kappa shape index (κ3) is 9.06. The van der Waals surface area contributed by atoms with Gasteiger partial charge in [0.2, 0.25) is 0 Å². The van der Waals surface area contributed by atoms with E-state index in [0.29, 0.717) is 5.78 Å². The number of rotatable bonds is 2. The van der Waals surface area contributed by atoms with Crippen LogP contribution in [-0.2, 0) is 4.79 Å². The Kier molecular flexibility index (Phi) is 8.64. The van der Waals surface area contributed by atoms with Crippen LogP contribution in [0.1, 0.15) is 45.4 Å². The number of allylic oxidation sites excluding steroid dienone is 3. The summed E-state index contributed by atoms with van der Waals surface area (Å²) in [6.45, 7) is 5.61. The van der Waals surface area contributed by atoms with E-state index in [1.807, 2.05) is 6.08 Å². The molecule has 0 atom stereocenters. The van der Waals surface area contributed by atoms with Crippen LogP contribution >= 0.6 is 0 Å². The highest BCUT2D eigenvalue weighted by Crippen LogP contribution is 2.12. The molecule has 0 radical (unpaired) electrons. The maximum absolute atomic E-state index is 10.5. The molecular formula is C12H20O. The first-order valence-corrected chi connectivity index (χ1v) is 5.10. The summed E-state index contributed by atoms with van der Waals surface area (Å²) in [5.74, 6) is 0.464. The fraction of sp³-hybridized carbons (Fsp3) is 0.583. The van der Waals surface area contributed by atoms with Gasteiger partial charge in [-0.3, -0.25) is 4.79 Å². The number of carbonyl (C=O) groups is 1. The molecule has 1 rings (SSSR count). The molecule has 0 aliphatic heterocycles. The van der Waals surface area contributed by atoms with Gasteiger partial charge >= 0.3 is 0 Å². The number of Topliss-reactive ketones (excluding diaryl/α,β-unsaturated/α-hetero) is 1. The first kappa shape index (κ1) is 12.2. The molecule has 1 aliphatic rings. The summed E-state index contributed by atoms with van der Waals surface area (Å²) in [6.07, 6.45) is 12.1. The van der Waals surface area contributed by atoms with Crippen LogP contribution in [0.5, 0.6) is 0 Å². The lowest BCUT2D eigenvalue weighted by Crippen LogP contribution is -2.02. The topological polar surface area (TPSA) is 17.1 Å². The highest BCUT2D eigenvalue weighted by molar-refractivity contribution is 5.78. The van der Waals surface area contributed by atoms with Gasteiger partial charge in [0, 0.05) is 12.8 Å². The number of hydrogen-bond donors (Lipinski definition) is 0. The van der Waals surface area contributed by atoms with Gasteiger partial charge in [-0.15, -0.1) is 0 Å². The average Bonchev–Trinajstić information content (AvgIpc) is 2.17. The van der Waals surface area contributed by atoms with Crippen molar-refractivity contribution in [3.8, 4) is 0 Å². The highest BCUT2D eigenvalue weighted by atomic mass is 16.1. The second-order valence-electron chi connectivity index (χ2n) is 3.17. The molecule has 0 saturated heterocycles. The molecule has 0 bridgehead atoms. The summed E-state index contributed by atoms with van der Waals surface area (Å²) in [5.41, 5.74) is 0. The zero-order chi connectivity index (χ0) is 9.94. The quantitative estimate of drug-likeness (QED) is 0.593. The fourth-order valence-electron chi connectivity index (χ4n) is 1.18. The van der Waals surface area contributed by atoms with Gasteiger partial charge in [0.1, 0.15) is 5.78 Å². The molecule has 0 N–H and O–H groups in total. The van der Waals surface area contributed by atoms with Crippen molar-refractivity contribution in [2.75, 3.05) is 0 Å². The normalized spacial score (nSPS) is 16.5. The molecule has 0 amide bonds. The molecule has 1 aliphatic carbocycles. The van der Waals surface area contributed by atoms with Crippen molar-refractivity contribution >= 4 is 5.78 Å². The smallest absolute Gasteiger partial charge is 0.132 e. The molecule has 1 saturated carbocycles. The van der Waals surface area contributed by atoms with E-state index in [0.717, 1.165) is 32.1 Å². The molecule has 0 unspecified atom stereocenters. The highest BCUT2D eigenvalue weighted by Gasteiger charge is 2.05. The van der Waals surface area contributed by atoms with Crippen molar-refractivity contribution in [1.29, 1.82) is 0 Å². The van der Waals surface area contributed by atoms with E-state index >= 15 is 0 Å². The largest absolute Gasteiger partial charge is 0.300 e. The third-order valence-corrected chi connectivity index (χ3v) is 1.92. The van der Waals surface area contributed by atoms with Crippen molar-refractivity contribution in [2.45, 2.75) is 45.4 Å². The Labute approximate surface area is 81.5 Å². The minimum absolute atomic E-state index is 0.464. The van der Waals surface area contributed by atoms with E-state index in [4.69, 9.17) is 0 Å². The van der Waals surface area contributed by atoms with E-state index in [-0.39, 0.29) is 0 Å². The van der Waals surface area contributed by atoms with E-state index in [2.05, 4.69) is 19.6 Å². The molecule has 0 heterocycles. The van der Waals surface area contributed by atoms with E-state index in [1.54, 1.807) is 6.08 Å². The van der Waals surface area contributed by atoms with Crippen LogP contribution in [0.2, 0.25) is 0 Å². The van der Waals surface area contributed by atoms with Crippen LogP contribution < -0.4 is 0 Å². The molecular weight excluding hydrogens is 160 g/mol. The van der Waals surface area contributed by atoms with Crippen molar-refractivity contribution in [3.63, 3.8) is 0 Å². The van der Waals surface area contributed by atoms with Gasteiger partial charge in [0.05, 0.1) is 0 Å². The summed E-state index contributed by atoms with van der Waals surface area (Å²) in [4.78, 5) is 10.5. The van der Waals surface area contributed by atoms with Crippen LogP contribution in [0.25, 0.3) is 0 Å². The minimum Gasteiger partial charge on any atom is -0.300 e. The van der Waals surface area contributed by atoms with Gasteiger partial charge in [0.25, 0.3) is 0 Å². The zero-order valence-corrected chi connectivity index (χ0v) is 8.59. The van der Waals surface area contributed by atoms with Gasteiger partial charge in [-0.25, -0.2) is 0 Å². The van der Waals surface area contributed by atoms with Crippen molar-refractivity contribution in [1.82, 2.24) is 0 Å². The molecule has 1 fully saturated rings. The Hall–Kier alpha value is -0.850. The van der Waals surface area contributed by atoms with Gasteiger partial charge in [-0.1, -0.05) is 38.2 Å². The zero-order valence-electron chi connectivity index (χ0n) is 8.59. The van der Waals surface area contributed by atoms with Gasteiger partial charge in [-0.05, 0) is 19.3 Å². The van der Waals surface area contributed by atoms with Gasteiger partial charge in [-0.2, -0.15) is 0 Å². The standard InChI is InChI=1S/C6H10O.C6H10/c7-6-4-2-1-3-5-6;1-3-5-6-4-2/h1-5H2;3,5-6H,1,4H2,2H3. The maximum atomic E-state index is 10.5. The average molecular weight is 180 g/mol. The van der Waals surface area contributed by atoms with Gasteiger partial charge < -0.3 is 0 Å². The Morgan fingerprint density at radius 2 is 1.92 bits per heavy atom. The molecule has 74 valence electrons. The molecule has 1 nitrogen and oxygen atoms in total. The Morgan fingerprint density at radius 1 is 1.31 bits per heavy atom. The van der Waals surface area contributed by atoms with Crippen LogP contribution in [0.4, 0.5) is 0 Å². The second-order valence-corrected chi connectivity index (χ2v) is 3.17. The predicted octanol–water partition coefficient (Wildman–Crippen LogP) is 3.66. The van der Waals surface area contributed by atoms with Gasteiger partial charge in [0.15, 0.2) is 0 Å². The molecule has 0 aromatic rings. The Bertz CT molecular complexity index is 160. The molecule has 13 heavy (non-hydrogen) atoms. The molecule has 1 heteroatoms. The summed E-state index contributed by atoms with van der Waals surface area (Å²) >= 11 is 0. The monoisotopic (exact) mass is 180 g/mol. The van der Waals surface area contributed by atoms with Crippen LogP contribution in [0, 0.1) is 0 Å². The molecule has 0 aromatic carbocycles. The van der Waals surface area contributed by atoms with Crippen LogP contribution in [-0.4, -0.2) is 5.78 Å². The lowest BCUT2D eigenvalue weighted by atomic mass is 10.00. The summed E-state index contributed by atoms with van der Waals surface area (Å²) < 4.78 is 0. The SMILES string of the molecule is C=CC=CCC.O=C1CCCCC1. The molecule has 0 aromatic heterocycles. The van der Waals surface area contributed by atoms with Crippen LogP contribution in [0.3, 0.4) is 0 Å². The number of hydrogen-bond acceptors (Lipinski definition) is 1.